The molecule has 9 heteroatoms. The lowest BCUT2D eigenvalue weighted by Crippen LogP contribution is -2.15. The van der Waals surface area contributed by atoms with Gasteiger partial charge in [0.15, 0.2) is 0 Å². The molecule has 4 N–H and O–H groups in total. The van der Waals surface area contributed by atoms with Crippen molar-refractivity contribution in [1.82, 2.24) is 19.1 Å². The number of nitrogens with zero attached hydrogens (tertiary/aromatic N) is 4. The number of hydrogen-bond donors (Lipinski definition) is 3. The number of aliphatic hydroxyl groups is 1. The van der Waals surface area contributed by atoms with Crippen LogP contribution in [0.4, 0.5) is 5.69 Å². The van der Waals surface area contributed by atoms with Crippen molar-refractivity contribution in [1.29, 1.82) is 0 Å². The van der Waals surface area contributed by atoms with E-state index in [1.165, 1.54) is 6.33 Å². The highest BCUT2D eigenvalue weighted by molar-refractivity contribution is 5.94. The highest BCUT2D eigenvalue weighted by Crippen LogP contribution is 2.23. The molecule has 1 atom stereocenters. The first-order valence-electron chi connectivity index (χ1n) is 10.8. The maximum atomic E-state index is 12.4. The molecule has 0 unspecified atom stereocenters. The second-order valence-corrected chi connectivity index (χ2v) is 7.89. The molecule has 4 aromatic rings. The highest BCUT2D eigenvalue weighted by Gasteiger charge is 2.14. The second-order valence-electron chi connectivity index (χ2n) is 7.89. The molecule has 0 radical (unpaired) electrons. The van der Waals surface area contributed by atoms with Gasteiger partial charge in [-0.05, 0) is 48.1 Å². The molecule has 33 heavy (non-hydrogen) atoms. The molecule has 1 aromatic carbocycles. The van der Waals surface area contributed by atoms with Crippen LogP contribution in [-0.4, -0.2) is 42.6 Å². The van der Waals surface area contributed by atoms with Gasteiger partial charge >= 0.3 is 0 Å². The van der Waals surface area contributed by atoms with E-state index in [9.17, 15) is 14.7 Å². The largest absolute Gasteiger partial charge is 0.394 e. The third kappa shape index (κ3) is 5.45. The monoisotopic (exact) mass is 446 g/mol. The number of primary amides is 1. The lowest BCUT2D eigenvalue weighted by Gasteiger charge is -2.16. The van der Waals surface area contributed by atoms with Crippen molar-refractivity contribution in [2.45, 2.75) is 31.8 Å². The number of carbonyl (C=O) groups is 2. The number of aliphatic hydroxyl groups excluding tert-OH is 1. The minimum atomic E-state index is -0.600. The van der Waals surface area contributed by atoms with E-state index in [1.807, 2.05) is 42.6 Å². The second kappa shape index (κ2) is 10.1. The third-order valence-corrected chi connectivity index (χ3v) is 5.61. The lowest BCUT2D eigenvalue weighted by atomic mass is 10.1. The predicted molar refractivity (Wildman–Crippen MR) is 125 cm³/mol. The van der Waals surface area contributed by atoms with Gasteiger partial charge in [0.2, 0.25) is 5.91 Å². The van der Waals surface area contributed by atoms with Crippen LogP contribution < -0.4 is 11.1 Å². The number of fused-ring (bicyclic) bond motifs is 1. The molecule has 170 valence electrons. The number of aromatic nitrogens is 4. The Balaban J connectivity index is 1.40. The van der Waals surface area contributed by atoms with E-state index in [0.717, 1.165) is 22.2 Å². The molecule has 0 aliphatic carbocycles. The van der Waals surface area contributed by atoms with Crippen molar-refractivity contribution >= 4 is 28.4 Å². The fourth-order valence-corrected chi connectivity index (χ4v) is 3.77. The minimum Gasteiger partial charge on any atom is -0.394 e. The summed E-state index contributed by atoms with van der Waals surface area (Å²) in [5, 5.41) is 13.8. The third-order valence-electron chi connectivity index (χ3n) is 5.61. The normalized spacial score (nSPS) is 12.0. The van der Waals surface area contributed by atoms with E-state index in [0.29, 0.717) is 25.8 Å². The Bertz CT molecular complexity index is 1250. The first-order chi connectivity index (χ1) is 16.0. The van der Waals surface area contributed by atoms with Gasteiger partial charge in [-0.15, -0.1) is 0 Å². The van der Waals surface area contributed by atoms with E-state index >= 15 is 0 Å². The maximum absolute atomic E-state index is 12.4. The molecule has 0 spiro atoms. The van der Waals surface area contributed by atoms with Gasteiger partial charge in [-0.1, -0.05) is 12.1 Å². The molecule has 0 aliphatic rings. The molecule has 0 saturated heterocycles. The van der Waals surface area contributed by atoms with Crippen LogP contribution in [0.2, 0.25) is 0 Å². The van der Waals surface area contributed by atoms with E-state index < -0.39 is 5.91 Å². The van der Waals surface area contributed by atoms with Crippen molar-refractivity contribution in [3.8, 4) is 0 Å². The van der Waals surface area contributed by atoms with Crippen LogP contribution >= 0.6 is 0 Å². The van der Waals surface area contributed by atoms with E-state index in [4.69, 9.17) is 5.73 Å². The number of hydrogen-bond acceptors (Lipinski definition) is 5. The minimum absolute atomic E-state index is 0.0537. The number of amides is 2. The number of nitrogens with two attached hydrogens (primary N) is 1. The number of nitrogens with one attached hydrogen (secondary N) is 1. The molecular weight excluding hydrogens is 420 g/mol. The number of anilines is 1. The lowest BCUT2D eigenvalue weighted by molar-refractivity contribution is -0.116. The maximum Gasteiger partial charge on any atom is 0.268 e. The van der Waals surface area contributed by atoms with E-state index in [2.05, 4.69) is 19.9 Å². The zero-order chi connectivity index (χ0) is 23.2. The molecule has 3 heterocycles. The summed E-state index contributed by atoms with van der Waals surface area (Å²) in [5.74, 6) is -0.654. The summed E-state index contributed by atoms with van der Waals surface area (Å²) < 4.78 is 3.79. The summed E-state index contributed by atoms with van der Waals surface area (Å²) in [6.45, 7) is 0.545. The van der Waals surface area contributed by atoms with Gasteiger partial charge in [0, 0.05) is 43.4 Å². The smallest absolute Gasteiger partial charge is 0.268 e. The van der Waals surface area contributed by atoms with Gasteiger partial charge in [-0.25, -0.2) is 4.98 Å². The Labute approximate surface area is 190 Å². The van der Waals surface area contributed by atoms with Crippen molar-refractivity contribution in [2.24, 2.45) is 5.73 Å². The zero-order valence-corrected chi connectivity index (χ0v) is 18.1. The Morgan fingerprint density at radius 3 is 2.82 bits per heavy atom. The quantitative estimate of drug-likeness (QED) is 0.345. The molecule has 9 nitrogen and oxygen atoms in total. The van der Waals surface area contributed by atoms with Crippen molar-refractivity contribution < 1.29 is 14.7 Å². The molecule has 0 bridgehead atoms. The number of rotatable bonds is 10. The van der Waals surface area contributed by atoms with Gasteiger partial charge in [0.05, 0.1) is 24.5 Å². The van der Waals surface area contributed by atoms with Gasteiger partial charge < -0.3 is 25.3 Å². The standard InChI is InChI=1S/C24H26N6O3/c25-24(33)21-14-30(16-27-21)20(15-31)8-11-29-10-7-18-4-5-19(12-22(18)29)28-23(32)6-3-17-2-1-9-26-13-17/h1-2,4-5,7,9-10,12-14,16,20,31H,3,6,8,11,15H2,(H2,25,33)(H,28,32)/t20-/m1/s1. The molecule has 0 saturated carbocycles. The van der Waals surface area contributed by atoms with Crippen LogP contribution in [0.1, 0.15) is 34.9 Å². The average molecular weight is 447 g/mol. The average Bonchev–Trinajstić information content (AvgIpc) is 3.47. The molecular formula is C24H26N6O3. The number of benzene rings is 1. The topological polar surface area (TPSA) is 128 Å². The number of pyridine rings is 1. The summed E-state index contributed by atoms with van der Waals surface area (Å²) in [5.41, 5.74) is 8.18. The Kier molecular flexibility index (Phi) is 6.80. The summed E-state index contributed by atoms with van der Waals surface area (Å²) in [6, 6.07) is 11.4. The van der Waals surface area contributed by atoms with Gasteiger partial charge in [0.25, 0.3) is 5.91 Å². The SMILES string of the molecule is NC(=O)c1cn([C@@H](CO)CCn2ccc3ccc(NC(=O)CCc4cccnc4)cc32)cn1. The van der Waals surface area contributed by atoms with Crippen LogP contribution in [0.5, 0.6) is 0 Å². The summed E-state index contributed by atoms with van der Waals surface area (Å²) in [6.07, 6.45) is 10.2. The summed E-state index contributed by atoms with van der Waals surface area (Å²) >= 11 is 0. The number of carbonyl (C=O) groups excluding carboxylic acids is 2. The molecule has 4 rings (SSSR count). The Hall–Kier alpha value is -3.98. The van der Waals surface area contributed by atoms with Crippen LogP contribution in [0.3, 0.4) is 0 Å². The van der Waals surface area contributed by atoms with Crippen molar-refractivity contribution in [2.75, 3.05) is 11.9 Å². The number of imidazole rings is 1. The molecule has 2 amide bonds. The highest BCUT2D eigenvalue weighted by atomic mass is 16.3. The number of aryl methyl sites for hydroxylation is 2. The fourth-order valence-electron chi connectivity index (χ4n) is 3.77. The van der Waals surface area contributed by atoms with Crippen LogP contribution in [0.15, 0.2) is 67.5 Å². The van der Waals surface area contributed by atoms with Crippen LogP contribution in [-0.2, 0) is 17.8 Å². The molecule has 3 aromatic heterocycles. The van der Waals surface area contributed by atoms with Gasteiger partial charge in [-0.3, -0.25) is 14.6 Å². The molecule has 0 aliphatic heterocycles. The van der Waals surface area contributed by atoms with E-state index in [1.54, 1.807) is 23.2 Å². The van der Waals surface area contributed by atoms with Gasteiger partial charge in [0.1, 0.15) is 5.69 Å². The zero-order valence-electron chi connectivity index (χ0n) is 18.1. The van der Waals surface area contributed by atoms with Crippen molar-refractivity contribution in [3.05, 3.63) is 78.8 Å². The Morgan fingerprint density at radius 1 is 1.21 bits per heavy atom. The first kappa shape index (κ1) is 22.2. The van der Waals surface area contributed by atoms with Crippen molar-refractivity contribution in [3.63, 3.8) is 0 Å². The van der Waals surface area contributed by atoms with Crippen LogP contribution in [0, 0.1) is 0 Å². The Morgan fingerprint density at radius 2 is 2.09 bits per heavy atom. The van der Waals surface area contributed by atoms with Gasteiger partial charge in [-0.2, -0.15) is 0 Å². The fraction of sp³-hybridized carbons (Fsp3) is 0.250. The predicted octanol–water partition coefficient (Wildman–Crippen LogP) is 2.53. The summed E-state index contributed by atoms with van der Waals surface area (Å²) in [7, 11) is 0. The van der Waals surface area contributed by atoms with E-state index in [-0.39, 0.29) is 24.2 Å². The summed E-state index contributed by atoms with van der Waals surface area (Å²) in [4.78, 5) is 31.7. The van der Waals surface area contributed by atoms with Crippen LogP contribution in [0.25, 0.3) is 10.9 Å². The first-order valence-corrected chi connectivity index (χ1v) is 10.8. The molecule has 0 fully saturated rings.